The highest BCUT2D eigenvalue weighted by atomic mass is 16.2. The summed E-state index contributed by atoms with van der Waals surface area (Å²) in [6.45, 7) is 0.356. The zero-order valence-electron chi connectivity index (χ0n) is 15.5. The number of benzene rings is 2. The molecule has 1 aromatic heterocycles. The van der Waals surface area contributed by atoms with Gasteiger partial charge in [0.05, 0.1) is 0 Å². The second-order valence-corrected chi connectivity index (χ2v) is 6.68. The SMILES string of the molecule is Cn1nnnc1-c1cccc(NC(=O)CCN2C(=O)CCc3ccccc32)c1. The number of aryl methyl sites for hydroxylation is 2. The number of anilines is 2. The van der Waals surface area contributed by atoms with Crippen molar-refractivity contribution in [3.63, 3.8) is 0 Å². The summed E-state index contributed by atoms with van der Waals surface area (Å²) >= 11 is 0. The first kappa shape index (κ1) is 17.8. The summed E-state index contributed by atoms with van der Waals surface area (Å²) in [5, 5.41) is 14.3. The highest BCUT2D eigenvalue weighted by Crippen LogP contribution is 2.27. The van der Waals surface area contributed by atoms with Gasteiger partial charge in [-0.05, 0) is 40.6 Å². The molecule has 4 rings (SSSR count). The van der Waals surface area contributed by atoms with Gasteiger partial charge in [-0.15, -0.1) is 5.10 Å². The molecular formula is C20H20N6O2. The standard InChI is InChI=1S/C20H20N6O2/c1-25-20(22-23-24-25)15-6-4-7-16(13-15)21-18(27)11-12-26-17-8-3-2-5-14(17)9-10-19(26)28/h2-8,13H,9-12H2,1H3,(H,21,27). The molecule has 0 bridgehead atoms. The number of fused-ring (bicyclic) bond motifs is 1. The Hall–Kier alpha value is -3.55. The van der Waals surface area contributed by atoms with E-state index in [1.807, 2.05) is 48.5 Å². The van der Waals surface area contributed by atoms with Gasteiger partial charge >= 0.3 is 0 Å². The molecule has 1 aliphatic heterocycles. The maximum Gasteiger partial charge on any atom is 0.227 e. The van der Waals surface area contributed by atoms with E-state index in [2.05, 4.69) is 20.8 Å². The first-order valence-corrected chi connectivity index (χ1v) is 9.13. The highest BCUT2D eigenvalue weighted by Gasteiger charge is 2.24. The van der Waals surface area contributed by atoms with Crippen LogP contribution in [0.4, 0.5) is 11.4 Å². The number of nitrogens with one attached hydrogen (secondary N) is 1. The van der Waals surface area contributed by atoms with Crippen LogP contribution in [0.15, 0.2) is 48.5 Å². The smallest absolute Gasteiger partial charge is 0.227 e. The number of tetrazole rings is 1. The maximum atomic E-state index is 12.4. The predicted octanol–water partition coefficient (Wildman–Crippen LogP) is 2.19. The molecule has 0 radical (unpaired) electrons. The molecule has 0 atom stereocenters. The first-order valence-electron chi connectivity index (χ1n) is 9.13. The fraction of sp³-hybridized carbons (Fsp3) is 0.250. The van der Waals surface area contributed by atoms with Crippen LogP contribution in [0.2, 0.25) is 0 Å². The third-order valence-corrected chi connectivity index (χ3v) is 4.78. The van der Waals surface area contributed by atoms with Crippen molar-refractivity contribution in [2.75, 3.05) is 16.8 Å². The Morgan fingerprint density at radius 2 is 2.00 bits per heavy atom. The number of hydrogen-bond acceptors (Lipinski definition) is 5. The molecule has 2 heterocycles. The molecule has 0 saturated heterocycles. The third kappa shape index (κ3) is 3.62. The number of aromatic nitrogens is 4. The third-order valence-electron chi connectivity index (χ3n) is 4.78. The van der Waals surface area contributed by atoms with Crippen LogP contribution < -0.4 is 10.2 Å². The molecule has 2 amide bonds. The second-order valence-electron chi connectivity index (χ2n) is 6.68. The molecule has 8 heteroatoms. The number of rotatable bonds is 5. The molecular weight excluding hydrogens is 356 g/mol. The van der Waals surface area contributed by atoms with Crippen molar-refractivity contribution in [2.24, 2.45) is 7.05 Å². The zero-order chi connectivity index (χ0) is 19.5. The van der Waals surface area contributed by atoms with Crippen LogP contribution in [0.5, 0.6) is 0 Å². The summed E-state index contributed by atoms with van der Waals surface area (Å²) < 4.78 is 1.57. The minimum Gasteiger partial charge on any atom is -0.326 e. The van der Waals surface area contributed by atoms with Gasteiger partial charge in [-0.1, -0.05) is 30.3 Å². The Morgan fingerprint density at radius 1 is 1.14 bits per heavy atom. The molecule has 0 unspecified atom stereocenters. The first-order chi connectivity index (χ1) is 13.6. The van der Waals surface area contributed by atoms with Crippen LogP contribution in [-0.4, -0.2) is 38.6 Å². The van der Waals surface area contributed by atoms with Gasteiger partial charge in [0.2, 0.25) is 11.8 Å². The number of hydrogen-bond donors (Lipinski definition) is 1. The largest absolute Gasteiger partial charge is 0.326 e. The van der Waals surface area contributed by atoms with Gasteiger partial charge in [0.25, 0.3) is 0 Å². The van der Waals surface area contributed by atoms with Crippen molar-refractivity contribution in [2.45, 2.75) is 19.3 Å². The molecule has 0 aliphatic carbocycles. The molecule has 28 heavy (non-hydrogen) atoms. The van der Waals surface area contributed by atoms with Crippen molar-refractivity contribution >= 4 is 23.2 Å². The van der Waals surface area contributed by atoms with Gasteiger partial charge in [0, 0.05) is 43.4 Å². The number of nitrogens with zero attached hydrogens (tertiary/aromatic N) is 5. The van der Waals surface area contributed by atoms with E-state index < -0.39 is 0 Å². The lowest BCUT2D eigenvalue weighted by atomic mass is 10.0. The molecule has 0 fully saturated rings. The van der Waals surface area contributed by atoms with Crippen molar-refractivity contribution in [3.8, 4) is 11.4 Å². The lowest BCUT2D eigenvalue weighted by Crippen LogP contribution is -2.37. The lowest BCUT2D eigenvalue weighted by Gasteiger charge is -2.29. The number of amides is 2. The number of para-hydroxylation sites is 1. The normalized spacial score (nSPS) is 13.3. The number of carbonyl (C=O) groups excluding carboxylic acids is 2. The van der Waals surface area contributed by atoms with E-state index in [1.54, 1.807) is 16.6 Å². The Kier molecular flexibility index (Phi) is 4.84. The van der Waals surface area contributed by atoms with Crippen molar-refractivity contribution in [1.29, 1.82) is 0 Å². The quantitative estimate of drug-likeness (QED) is 0.737. The Bertz CT molecular complexity index is 1030. The van der Waals surface area contributed by atoms with E-state index in [1.165, 1.54) is 0 Å². The molecule has 142 valence electrons. The van der Waals surface area contributed by atoms with E-state index in [0.717, 1.165) is 23.2 Å². The summed E-state index contributed by atoms with van der Waals surface area (Å²) in [6.07, 6.45) is 1.45. The van der Waals surface area contributed by atoms with Crippen LogP contribution >= 0.6 is 0 Å². The Balaban J connectivity index is 1.42. The van der Waals surface area contributed by atoms with Crippen LogP contribution in [-0.2, 0) is 23.1 Å². The predicted molar refractivity (Wildman–Crippen MR) is 105 cm³/mol. The average molecular weight is 376 g/mol. The average Bonchev–Trinajstić information content (AvgIpc) is 3.13. The Labute approximate surface area is 162 Å². The minimum absolute atomic E-state index is 0.0586. The van der Waals surface area contributed by atoms with Crippen molar-refractivity contribution in [3.05, 3.63) is 54.1 Å². The van der Waals surface area contributed by atoms with Crippen LogP contribution in [0.25, 0.3) is 11.4 Å². The fourth-order valence-electron chi connectivity index (χ4n) is 3.39. The molecule has 0 saturated carbocycles. The minimum atomic E-state index is -0.149. The van der Waals surface area contributed by atoms with Gasteiger partial charge in [-0.25, -0.2) is 4.68 Å². The van der Waals surface area contributed by atoms with E-state index in [4.69, 9.17) is 0 Å². The fourth-order valence-corrected chi connectivity index (χ4v) is 3.39. The molecule has 0 spiro atoms. The zero-order valence-corrected chi connectivity index (χ0v) is 15.5. The molecule has 1 N–H and O–H groups in total. The van der Waals surface area contributed by atoms with E-state index in [-0.39, 0.29) is 18.2 Å². The van der Waals surface area contributed by atoms with Gasteiger partial charge in [-0.2, -0.15) is 0 Å². The molecule has 1 aliphatic rings. The molecule has 3 aromatic rings. The van der Waals surface area contributed by atoms with E-state index in [0.29, 0.717) is 24.5 Å². The highest BCUT2D eigenvalue weighted by molar-refractivity contribution is 5.98. The summed E-state index contributed by atoms with van der Waals surface area (Å²) in [7, 11) is 1.76. The van der Waals surface area contributed by atoms with Crippen molar-refractivity contribution in [1.82, 2.24) is 20.2 Å². The van der Waals surface area contributed by atoms with Crippen LogP contribution in [0, 0.1) is 0 Å². The van der Waals surface area contributed by atoms with Crippen molar-refractivity contribution < 1.29 is 9.59 Å². The maximum absolute atomic E-state index is 12.4. The summed E-state index contributed by atoms with van der Waals surface area (Å²) in [6, 6.07) is 15.2. The summed E-state index contributed by atoms with van der Waals surface area (Å²) in [5.74, 6) is 0.527. The molecule has 8 nitrogen and oxygen atoms in total. The summed E-state index contributed by atoms with van der Waals surface area (Å²) in [5.41, 5.74) is 3.53. The van der Waals surface area contributed by atoms with Crippen LogP contribution in [0.1, 0.15) is 18.4 Å². The monoisotopic (exact) mass is 376 g/mol. The second kappa shape index (κ2) is 7.59. The lowest BCUT2D eigenvalue weighted by molar-refractivity contribution is -0.119. The van der Waals surface area contributed by atoms with E-state index in [9.17, 15) is 9.59 Å². The summed E-state index contributed by atoms with van der Waals surface area (Å²) in [4.78, 5) is 26.5. The van der Waals surface area contributed by atoms with Gasteiger partial charge < -0.3 is 10.2 Å². The molecule has 2 aromatic carbocycles. The number of carbonyl (C=O) groups is 2. The van der Waals surface area contributed by atoms with Gasteiger partial charge in [0.15, 0.2) is 5.82 Å². The van der Waals surface area contributed by atoms with Crippen LogP contribution in [0.3, 0.4) is 0 Å². The Morgan fingerprint density at radius 3 is 2.82 bits per heavy atom. The van der Waals surface area contributed by atoms with E-state index >= 15 is 0 Å². The topological polar surface area (TPSA) is 93.0 Å². The van der Waals surface area contributed by atoms with Gasteiger partial charge in [-0.3, -0.25) is 9.59 Å². The van der Waals surface area contributed by atoms with Gasteiger partial charge in [0.1, 0.15) is 0 Å².